The van der Waals surface area contributed by atoms with E-state index < -0.39 is 0 Å². The van der Waals surface area contributed by atoms with Gasteiger partial charge in [-0.05, 0) is 31.5 Å². The molecular weight excluding hydrogens is 309 g/mol. The van der Waals surface area contributed by atoms with E-state index in [0.29, 0.717) is 0 Å². The van der Waals surface area contributed by atoms with Gasteiger partial charge in [-0.15, -0.1) is 10.2 Å². The van der Waals surface area contributed by atoms with E-state index in [-0.39, 0.29) is 11.1 Å². The minimum atomic E-state index is -0.216. The van der Waals surface area contributed by atoms with E-state index >= 15 is 0 Å². The molecule has 0 saturated carbocycles. The molecule has 1 unspecified atom stereocenters. The monoisotopic (exact) mass is 327 g/mol. The van der Waals surface area contributed by atoms with Crippen molar-refractivity contribution in [1.29, 1.82) is 0 Å². The molecule has 5 heteroatoms. The van der Waals surface area contributed by atoms with E-state index in [4.69, 9.17) is 0 Å². The third kappa shape index (κ3) is 3.45. The van der Waals surface area contributed by atoms with Gasteiger partial charge in [0.05, 0.1) is 0 Å². The number of rotatable bonds is 4. The van der Waals surface area contributed by atoms with E-state index in [2.05, 4.69) is 48.3 Å². The minimum Gasteiger partial charge on any atom is -0.305 e. The molecule has 1 heterocycles. The first-order valence-corrected chi connectivity index (χ1v) is 8.31. The Kier molecular flexibility index (Phi) is 4.48. The highest BCUT2D eigenvalue weighted by atomic mass is 32.2. The van der Waals surface area contributed by atoms with Crippen molar-refractivity contribution >= 4 is 11.8 Å². The van der Waals surface area contributed by atoms with E-state index in [1.54, 1.807) is 11.8 Å². The summed E-state index contributed by atoms with van der Waals surface area (Å²) in [7, 11) is 1.97. The highest BCUT2D eigenvalue weighted by Crippen LogP contribution is 2.34. The maximum absolute atomic E-state index is 13.0. The van der Waals surface area contributed by atoms with Crippen LogP contribution in [-0.2, 0) is 7.05 Å². The van der Waals surface area contributed by atoms with Gasteiger partial charge in [-0.25, -0.2) is 4.39 Å². The molecule has 0 bridgehead atoms. The smallest absolute Gasteiger partial charge is 0.191 e. The molecule has 118 valence electrons. The van der Waals surface area contributed by atoms with E-state index in [0.717, 1.165) is 22.1 Å². The summed E-state index contributed by atoms with van der Waals surface area (Å²) in [6, 6.07) is 14.8. The summed E-state index contributed by atoms with van der Waals surface area (Å²) in [5.41, 5.74) is 3.33. The van der Waals surface area contributed by atoms with E-state index in [1.807, 2.05) is 23.7 Å². The standard InChI is InChI=1S/C18H18FN3S/c1-12-4-6-15(7-5-12)17-20-21-18(22(17)3)23-13(2)14-8-10-16(19)11-9-14/h4-11,13H,1-3H3. The number of aromatic nitrogens is 3. The van der Waals surface area contributed by atoms with Crippen LogP contribution in [0.4, 0.5) is 4.39 Å². The van der Waals surface area contributed by atoms with Crippen molar-refractivity contribution in [2.75, 3.05) is 0 Å². The SMILES string of the molecule is Cc1ccc(-c2nnc(SC(C)c3ccc(F)cc3)n2C)cc1. The summed E-state index contributed by atoms with van der Waals surface area (Å²) < 4.78 is 15.0. The molecule has 0 saturated heterocycles. The van der Waals surface area contributed by atoms with Crippen LogP contribution < -0.4 is 0 Å². The van der Waals surface area contributed by atoms with Crippen LogP contribution in [0.1, 0.15) is 23.3 Å². The molecule has 3 rings (SSSR count). The molecule has 3 nitrogen and oxygen atoms in total. The van der Waals surface area contributed by atoms with Crippen LogP contribution in [0, 0.1) is 12.7 Å². The molecule has 1 atom stereocenters. The first-order chi connectivity index (χ1) is 11.0. The number of benzene rings is 2. The molecule has 0 aliphatic heterocycles. The average molecular weight is 327 g/mol. The van der Waals surface area contributed by atoms with Crippen LogP contribution in [0.2, 0.25) is 0 Å². The number of hydrogen-bond donors (Lipinski definition) is 0. The molecule has 3 aromatic rings. The molecule has 0 N–H and O–H groups in total. The Morgan fingerprint density at radius 3 is 2.30 bits per heavy atom. The van der Waals surface area contributed by atoms with Gasteiger partial charge in [0.25, 0.3) is 0 Å². The van der Waals surface area contributed by atoms with Gasteiger partial charge in [0, 0.05) is 17.9 Å². The van der Waals surface area contributed by atoms with Gasteiger partial charge in [0.15, 0.2) is 11.0 Å². The molecule has 0 spiro atoms. The first-order valence-electron chi connectivity index (χ1n) is 7.43. The van der Waals surface area contributed by atoms with Crippen molar-refractivity contribution < 1.29 is 4.39 Å². The largest absolute Gasteiger partial charge is 0.305 e. The predicted octanol–water partition coefficient (Wildman–Crippen LogP) is 4.78. The molecule has 1 aromatic heterocycles. The molecule has 0 aliphatic carbocycles. The molecule has 2 aromatic carbocycles. The Bertz CT molecular complexity index is 794. The van der Waals surface area contributed by atoms with Crippen LogP contribution in [0.5, 0.6) is 0 Å². The van der Waals surface area contributed by atoms with Crippen LogP contribution in [0.15, 0.2) is 53.7 Å². The topological polar surface area (TPSA) is 30.7 Å². The van der Waals surface area contributed by atoms with Crippen molar-refractivity contribution in [3.8, 4) is 11.4 Å². The maximum Gasteiger partial charge on any atom is 0.191 e. The Labute approximate surface area is 139 Å². The summed E-state index contributed by atoms with van der Waals surface area (Å²) >= 11 is 1.61. The highest BCUT2D eigenvalue weighted by Gasteiger charge is 2.15. The van der Waals surface area contributed by atoms with Crippen LogP contribution in [-0.4, -0.2) is 14.8 Å². The van der Waals surface area contributed by atoms with Crippen LogP contribution >= 0.6 is 11.8 Å². The van der Waals surface area contributed by atoms with Gasteiger partial charge in [-0.2, -0.15) is 0 Å². The van der Waals surface area contributed by atoms with Gasteiger partial charge in [0.1, 0.15) is 5.82 Å². The quantitative estimate of drug-likeness (QED) is 0.646. The second-order valence-corrected chi connectivity index (χ2v) is 6.85. The summed E-state index contributed by atoms with van der Waals surface area (Å²) in [5.74, 6) is 0.630. The average Bonchev–Trinajstić information content (AvgIpc) is 2.90. The molecule has 0 fully saturated rings. The van der Waals surface area contributed by atoms with Crippen molar-refractivity contribution in [3.63, 3.8) is 0 Å². The molecule has 0 radical (unpaired) electrons. The van der Waals surface area contributed by atoms with Gasteiger partial charge >= 0.3 is 0 Å². The Balaban J connectivity index is 1.81. The molecule has 23 heavy (non-hydrogen) atoms. The molecular formula is C18H18FN3S. The number of halogens is 1. The Morgan fingerprint density at radius 2 is 1.65 bits per heavy atom. The maximum atomic E-state index is 13.0. The summed E-state index contributed by atoms with van der Waals surface area (Å²) in [4.78, 5) is 0. The third-order valence-corrected chi connectivity index (χ3v) is 4.96. The van der Waals surface area contributed by atoms with E-state index in [9.17, 15) is 4.39 Å². The summed E-state index contributed by atoms with van der Waals surface area (Å²) in [6.07, 6.45) is 0. The van der Waals surface area contributed by atoms with Crippen LogP contribution in [0.3, 0.4) is 0 Å². The molecule has 0 aliphatic rings. The lowest BCUT2D eigenvalue weighted by molar-refractivity contribution is 0.627. The van der Waals surface area contributed by atoms with Crippen molar-refractivity contribution in [1.82, 2.24) is 14.8 Å². The van der Waals surface area contributed by atoms with E-state index in [1.165, 1.54) is 17.7 Å². The number of thioether (sulfide) groups is 1. The third-order valence-electron chi connectivity index (χ3n) is 3.77. The molecule has 0 amide bonds. The summed E-state index contributed by atoms with van der Waals surface area (Å²) in [5, 5.41) is 9.62. The van der Waals surface area contributed by atoms with Crippen molar-refractivity contribution in [3.05, 3.63) is 65.5 Å². The fourth-order valence-electron chi connectivity index (χ4n) is 2.33. The zero-order chi connectivity index (χ0) is 16.4. The normalized spacial score (nSPS) is 12.3. The van der Waals surface area contributed by atoms with Gasteiger partial charge in [-0.3, -0.25) is 0 Å². The van der Waals surface area contributed by atoms with Crippen LogP contribution in [0.25, 0.3) is 11.4 Å². The highest BCUT2D eigenvalue weighted by molar-refractivity contribution is 7.99. The van der Waals surface area contributed by atoms with Gasteiger partial charge < -0.3 is 4.57 Å². The fourth-order valence-corrected chi connectivity index (χ4v) is 3.27. The fraction of sp³-hybridized carbons (Fsp3) is 0.222. The lowest BCUT2D eigenvalue weighted by atomic mass is 10.1. The lowest BCUT2D eigenvalue weighted by Gasteiger charge is -2.11. The second-order valence-electron chi connectivity index (χ2n) is 5.54. The lowest BCUT2D eigenvalue weighted by Crippen LogP contribution is -1.97. The Hall–Kier alpha value is -2.14. The Morgan fingerprint density at radius 1 is 1.00 bits per heavy atom. The predicted molar refractivity (Wildman–Crippen MR) is 91.8 cm³/mol. The number of aryl methyl sites for hydroxylation is 1. The zero-order valence-corrected chi connectivity index (χ0v) is 14.1. The minimum absolute atomic E-state index is 0.171. The van der Waals surface area contributed by atoms with Gasteiger partial charge in [-0.1, -0.05) is 53.7 Å². The second kappa shape index (κ2) is 6.54. The first kappa shape index (κ1) is 15.7. The van der Waals surface area contributed by atoms with Crippen molar-refractivity contribution in [2.45, 2.75) is 24.3 Å². The summed E-state index contributed by atoms with van der Waals surface area (Å²) in [6.45, 7) is 4.14. The van der Waals surface area contributed by atoms with Gasteiger partial charge in [0.2, 0.25) is 0 Å². The number of nitrogens with zero attached hydrogens (tertiary/aromatic N) is 3. The zero-order valence-electron chi connectivity index (χ0n) is 13.3. The number of hydrogen-bond acceptors (Lipinski definition) is 3. The van der Waals surface area contributed by atoms with Crippen molar-refractivity contribution in [2.24, 2.45) is 7.05 Å².